The molecule has 0 atom stereocenters. The van der Waals surface area contributed by atoms with Crippen molar-refractivity contribution >= 4 is 128 Å². The minimum absolute atomic E-state index is 0.369. The van der Waals surface area contributed by atoms with Crippen LogP contribution in [0.2, 0.25) is 0 Å². The molecule has 16 aromatic rings. The van der Waals surface area contributed by atoms with Crippen molar-refractivity contribution in [2.75, 3.05) is 0 Å². The molecule has 16 rings (SSSR count). The zero-order valence-corrected chi connectivity index (χ0v) is 42.9. The van der Waals surface area contributed by atoms with Crippen LogP contribution in [-0.4, -0.2) is 13.7 Å². The Balaban J connectivity index is 1.22. The summed E-state index contributed by atoms with van der Waals surface area (Å²) in [5, 5.41) is 11.3. The third-order valence-electron chi connectivity index (χ3n) is 16.2. The average Bonchev–Trinajstić information content (AvgIpc) is 4.44. The fourth-order valence-corrected chi connectivity index (χ4v) is 15.6. The van der Waals surface area contributed by atoms with Crippen LogP contribution in [0, 0.1) is 11.6 Å². The van der Waals surface area contributed by atoms with Crippen LogP contribution in [0.3, 0.4) is 0 Å². The van der Waals surface area contributed by atoms with Gasteiger partial charge in [-0.2, -0.15) is 0 Å². The van der Waals surface area contributed by atoms with Crippen molar-refractivity contribution < 1.29 is 8.78 Å². The summed E-state index contributed by atoms with van der Waals surface area (Å²) in [5.41, 5.74) is 9.63. The van der Waals surface area contributed by atoms with E-state index in [9.17, 15) is 0 Å². The molecule has 0 unspecified atom stereocenters. The molecular weight excluding hydrogens is 973 g/mol. The number of para-hydroxylation sites is 4. The third-order valence-corrected chi connectivity index (χ3v) is 18.6. The van der Waals surface area contributed by atoms with E-state index < -0.39 is 5.54 Å². The average molecular weight is 1020 g/mol. The lowest BCUT2D eigenvalue weighted by atomic mass is 9.78. The maximum absolute atomic E-state index is 17.9. The fraction of sp³-hybridized carbons (Fsp3) is 0.0435. The molecule has 0 spiro atoms. The Morgan fingerprint density at radius 3 is 1.12 bits per heavy atom. The summed E-state index contributed by atoms with van der Waals surface area (Å²) in [5.74, 6) is -0.737. The van der Waals surface area contributed by atoms with E-state index in [1.165, 1.54) is 20.2 Å². The number of thiophene rings is 2. The van der Waals surface area contributed by atoms with Crippen LogP contribution >= 0.6 is 22.7 Å². The Kier molecular flexibility index (Phi) is 9.20. The number of benzene rings is 11. The molecule has 0 fully saturated rings. The van der Waals surface area contributed by atoms with Gasteiger partial charge >= 0.3 is 0 Å². The SMILES string of the molecule is CC(C)(c1c(-c2ccccc2F)c(-n2c3ccccc3c3ccc4c5ccccc5sc4c32)cc(-n2c3ccccc3c3ccc4c5ccccc5sc4c32)c1-c1ccccc1F)n1c2ccccc2c2ccccc21. The van der Waals surface area contributed by atoms with E-state index in [0.29, 0.717) is 22.3 Å². The van der Waals surface area contributed by atoms with E-state index in [0.717, 1.165) is 103 Å². The standard InChI is InChI=1S/C69H43F2N3S2/c1-69(2,74-56-31-15-7-19-40(56)41-20-8-16-32-57(41)74)64-62(50-25-3-11-27-52(50)70)58(72-54-29-13-5-21-42(54)46-35-37-48-44-23-9-17-33-60(44)75-67(48)65(46)72)39-59(63(64)51-26-4-12-28-53(51)71)73-55-30-14-6-22-43(55)47-36-38-49-45-24-10-18-34-61(45)76-68(49)66(47)73/h3-39H,1-2H3. The molecular formula is C69H43F2N3S2. The Morgan fingerprint density at radius 1 is 0.342 bits per heavy atom. The first-order valence-corrected chi connectivity index (χ1v) is 27.4. The predicted molar refractivity (Wildman–Crippen MR) is 320 cm³/mol. The minimum atomic E-state index is -1.03. The molecule has 3 nitrogen and oxygen atoms in total. The van der Waals surface area contributed by atoms with E-state index in [4.69, 9.17) is 0 Å². The number of hydrogen-bond acceptors (Lipinski definition) is 2. The molecule has 0 aliphatic rings. The number of halogens is 2. The van der Waals surface area contributed by atoms with Gasteiger partial charge in [0.15, 0.2) is 0 Å². The molecule has 7 heteroatoms. The fourth-order valence-electron chi connectivity index (χ4n) is 13.1. The summed E-state index contributed by atoms with van der Waals surface area (Å²) in [7, 11) is 0. The van der Waals surface area contributed by atoms with Crippen LogP contribution in [0.25, 0.3) is 139 Å². The number of rotatable bonds is 6. The molecule has 360 valence electrons. The molecule has 5 aromatic heterocycles. The molecule has 0 aliphatic carbocycles. The van der Waals surface area contributed by atoms with Gasteiger partial charge in [-0.15, -0.1) is 22.7 Å². The second-order valence-corrected chi connectivity index (χ2v) is 22.6. The van der Waals surface area contributed by atoms with Gasteiger partial charge in [-0.05, 0) is 74.0 Å². The van der Waals surface area contributed by atoms with Crippen LogP contribution in [0.15, 0.2) is 224 Å². The second-order valence-electron chi connectivity index (χ2n) is 20.5. The van der Waals surface area contributed by atoms with Crippen LogP contribution in [0.1, 0.15) is 19.4 Å². The highest BCUT2D eigenvalue weighted by Gasteiger charge is 2.38. The molecule has 0 saturated heterocycles. The van der Waals surface area contributed by atoms with Gasteiger partial charge in [-0.25, -0.2) is 8.78 Å². The molecule has 0 amide bonds. The Hall–Kier alpha value is -8.88. The highest BCUT2D eigenvalue weighted by atomic mass is 32.1. The van der Waals surface area contributed by atoms with Gasteiger partial charge in [0.05, 0.1) is 48.4 Å². The first-order valence-electron chi connectivity index (χ1n) is 25.7. The van der Waals surface area contributed by atoms with Crippen LogP contribution < -0.4 is 0 Å². The quantitative estimate of drug-likeness (QED) is 0.158. The van der Waals surface area contributed by atoms with Gasteiger partial charge in [-0.3, -0.25) is 0 Å². The molecule has 11 aromatic carbocycles. The lowest BCUT2D eigenvalue weighted by Gasteiger charge is -2.37. The van der Waals surface area contributed by atoms with Crippen molar-refractivity contribution in [2.45, 2.75) is 19.4 Å². The number of fused-ring (bicyclic) bond motifs is 17. The monoisotopic (exact) mass is 1020 g/mol. The highest BCUT2D eigenvalue weighted by molar-refractivity contribution is 7.27. The summed E-state index contributed by atoms with van der Waals surface area (Å²) >= 11 is 3.58. The summed E-state index contributed by atoms with van der Waals surface area (Å²) in [6.45, 7) is 4.49. The second kappa shape index (κ2) is 16.1. The van der Waals surface area contributed by atoms with Gasteiger partial charge in [0, 0.05) is 96.5 Å². The van der Waals surface area contributed by atoms with Crippen LogP contribution in [0.5, 0.6) is 0 Å². The van der Waals surface area contributed by atoms with E-state index in [1.54, 1.807) is 46.9 Å². The van der Waals surface area contributed by atoms with Gasteiger partial charge < -0.3 is 13.7 Å². The maximum atomic E-state index is 17.9. The van der Waals surface area contributed by atoms with Gasteiger partial charge in [0.2, 0.25) is 0 Å². The molecule has 5 heterocycles. The zero-order chi connectivity index (χ0) is 50.6. The van der Waals surface area contributed by atoms with E-state index in [-0.39, 0.29) is 11.6 Å². The van der Waals surface area contributed by atoms with Gasteiger partial charge in [-0.1, -0.05) is 170 Å². The van der Waals surface area contributed by atoms with Crippen molar-refractivity contribution in [2.24, 2.45) is 0 Å². The summed E-state index contributed by atoms with van der Waals surface area (Å²) in [6.07, 6.45) is 0. The van der Waals surface area contributed by atoms with Crippen molar-refractivity contribution in [3.63, 3.8) is 0 Å². The maximum Gasteiger partial charge on any atom is 0.131 e. The number of nitrogens with zero attached hydrogens (tertiary/aromatic N) is 3. The smallest absolute Gasteiger partial charge is 0.131 e. The van der Waals surface area contributed by atoms with Crippen molar-refractivity contribution in [1.82, 2.24) is 13.7 Å². The van der Waals surface area contributed by atoms with Crippen LogP contribution in [0.4, 0.5) is 8.78 Å². The first kappa shape index (κ1) is 43.5. The topological polar surface area (TPSA) is 14.8 Å². The lowest BCUT2D eigenvalue weighted by molar-refractivity contribution is 0.466. The van der Waals surface area contributed by atoms with Crippen molar-refractivity contribution in [3.8, 4) is 33.6 Å². The van der Waals surface area contributed by atoms with Gasteiger partial charge in [0.1, 0.15) is 11.6 Å². The normalized spacial score (nSPS) is 12.5. The molecule has 0 N–H and O–H groups in total. The van der Waals surface area contributed by atoms with E-state index >= 15 is 8.78 Å². The summed E-state index contributed by atoms with van der Waals surface area (Å²) < 4.78 is 47.7. The summed E-state index contributed by atoms with van der Waals surface area (Å²) in [4.78, 5) is 0. The van der Waals surface area contributed by atoms with Crippen LogP contribution in [-0.2, 0) is 5.54 Å². The molecule has 0 bridgehead atoms. The van der Waals surface area contributed by atoms with Crippen molar-refractivity contribution in [3.05, 3.63) is 242 Å². The Morgan fingerprint density at radius 2 is 0.684 bits per heavy atom. The van der Waals surface area contributed by atoms with E-state index in [1.807, 2.05) is 24.3 Å². The minimum Gasteiger partial charge on any atom is -0.331 e. The lowest BCUT2D eigenvalue weighted by Crippen LogP contribution is -2.30. The first-order chi connectivity index (χ1) is 37.3. The largest absolute Gasteiger partial charge is 0.331 e. The molecule has 0 aliphatic heterocycles. The predicted octanol–water partition coefficient (Wildman–Crippen LogP) is 20.1. The third kappa shape index (κ3) is 5.89. The van der Waals surface area contributed by atoms with Gasteiger partial charge in [0.25, 0.3) is 0 Å². The number of hydrogen-bond donors (Lipinski definition) is 0. The molecule has 0 radical (unpaired) electrons. The van der Waals surface area contributed by atoms with E-state index in [2.05, 4.69) is 203 Å². The Labute approximate surface area is 442 Å². The zero-order valence-electron chi connectivity index (χ0n) is 41.3. The molecule has 0 saturated carbocycles. The van der Waals surface area contributed by atoms with Crippen molar-refractivity contribution in [1.29, 1.82) is 0 Å². The summed E-state index contributed by atoms with van der Waals surface area (Å²) in [6, 6.07) is 77.3. The number of aromatic nitrogens is 3. The Bertz CT molecular complexity index is 4830. The highest BCUT2D eigenvalue weighted by Crippen LogP contribution is 2.54. The molecule has 76 heavy (non-hydrogen) atoms.